The Hall–Kier alpha value is -1.59. The molecule has 2 aromatic rings. The number of thiazole rings is 1. The molecule has 1 aromatic heterocycles. The summed E-state index contributed by atoms with van der Waals surface area (Å²) in [6.45, 7) is 4.21. The van der Waals surface area contributed by atoms with E-state index in [1.165, 1.54) is 11.3 Å². The Labute approximate surface area is 126 Å². The molecule has 0 spiro atoms. The highest BCUT2D eigenvalue weighted by atomic mass is 35.5. The molecule has 0 fully saturated rings. The maximum atomic E-state index is 11.7. The van der Waals surface area contributed by atoms with Crippen molar-refractivity contribution in [3.8, 4) is 5.75 Å². The van der Waals surface area contributed by atoms with E-state index < -0.39 is 0 Å². The summed E-state index contributed by atoms with van der Waals surface area (Å²) in [5.74, 6) is 0.333. The van der Waals surface area contributed by atoms with Crippen LogP contribution in [0.4, 0.5) is 0 Å². The van der Waals surface area contributed by atoms with E-state index in [0.717, 1.165) is 5.01 Å². The predicted molar refractivity (Wildman–Crippen MR) is 78.6 cm³/mol. The number of rotatable bonds is 5. The van der Waals surface area contributed by atoms with Gasteiger partial charge in [0.15, 0.2) is 0 Å². The van der Waals surface area contributed by atoms with Gasteiger partial charge < -0.3 is 9.47 Å². The minimum absolute atomic E-state index is 0.297. The molecule has 1 aromatic carbocycles. The second-order valence-electron chi connectivity index (χ2n) is 3.99. The molecule has 0 amide bonds. The lowest BCUT2D eigenvalue weighted by Crippen LogP contribution is -2.03. The number of ether oxygens (including phenoxy) is 2. The van der Waals surface area contributed by atoms with Gasteiger partial charge in [0.2, 0.25) is 0 Å². The standard InChI is InChI=1S/C14H14ClNO3S/c1-3-18-14(17)13-9(2)16-12(20-13)8-19-11-6-4-5-10(15)7-11/h4-7H,3,8H2,1-2H3. The lowest BCUT2D eigenvalue weighted by atomic mass is 10.3. The summed E-state index contributed by atoms with van der Waals surface area (Å²) < 4.78 is 10.6. The number of aryl methyl sites for hydroxylation is 1. The van der Waals surface area contributed by atoms with Crippen LogP contribution in [-0.4, -0.2) is 17.6 Å². The molecule has 20 heavy (non-hydrogen) atoms. The van der Waals surface area contributed by atoms with Gasteiger partial charge in [0.05, 0.1) is 12.3 Å². The topological polar surface area (TPSA) is 48.4 Å². The molecular formula is C14H14ClNO3S. The van der Waals surface area contributed by atoms with Gasteiger partial charge >= 0.3 is 5.97 Å². The Balaban J connectivity index is 2.04. The van der Waals surface area contributed by atoms with E-state index >= 15 is 0 Å². The molecular weight excluding hydrogens is 298 g/mol. The zero-order chi connectivity index (χ0) is 14.5. The SMILES string of the molecule is CCOC(=O)c1sc(COc2cccc(Cl)c2)nc1C. The van der Waals surface area contributed by atoms with Gasteiger partial charge in [-0.2, -0.15) is 0 Å². The molecule has 0 aliphatic heterocycles. The van der Waals surface area contributed by atoms with Crippen LogP contribution >= 0.6 is 22.9 Å². The van der Waals surface area contributed by atoms with E-state index in [1.807, 2.05) is 12.1 Å². The number of hydrogen-bond acceptors (Lipinski definition) is 5. The normalized spacial score (nSPS) is 10.3. The molecule has 0 aliphatic carbocycles. The van der Waals surface area contributed by atoms with Crippen LogP contribution in [0.25, 0.3) is 0 Å². The summed E-state index contributed by atoms with van der Waals surface area (Å²) >= 11 is 7.17. The van der Waals surface area contributed by atoms with Crippen LogP contribution in [-0.2, 0) is 11.3 Å². The average molecular weight is 312 g/mol. The molecule has 2 rings (SSSR count). The number of nitrogens with zero attached hydrogens (tertiary/aromatic N) is 1. The highest BCUT2D eigenvalue weighted by Crippen LogP contribution is 2.22. The molecule has 0 radical (unpaired) electrons. The molecule has 6 heteroatoms. The summed E-state index contributed by atoms with van der Waals surface area (Å²) in [5, 5.41) is 1.34. The van der Waals surface area contributed by atoms with E-state index in [2.05, 4.69) is 4.98 Å². The molecule has 0 atom stereocenters. The Kier molecular flexibility index (Phi) is 4.98. The fourth-order valence-corrected chi connectivity index (χ4v) is 2.65. The minimum Gasteiger partial charge on any atom is -0.486 e. The molecule has 0 saturated heterocycles. The van der Waals surface area contributed by atoms with E-state index in [0.29, 0.717) is 34.6 Å². The highest BCUT2D eigenvalue weighted by molar-refractivity contribution is 7.13. The molecule has 0 unspecified atom stereocenters. The maximum Gasteiger partial charge on any atom is 0.350 e. The van der Waals surface area contributed by atoms with Gasteiger partial charge in [0.1, 0.15) is 22.2 Å². The van der Waals surface area contributed by atoms with E-state index in [1.54, 1.807) is 26.0 Å². The number of aromatic nitrogens is 1. The number of hydrogen-bond donors (Lipinski definition) is 0. The molecule has 0 bridgehead atoms. The van der Waals surface area contributed by atoms with Gasteiger partial charge in [0, 0.05) is 5.02 Å². The van der Waals surface area contributed by atoms with Crippen molar-refractivity contribution in [2.75, 3.05) is 6.61 Å². The molecule has 0 saturated carbocycles. The van der Waals surface area contributed by atoms with E-state index in [9.17, 15) is 4.79 Å². The van der Waals surface area contributed by atoms with Gasteiger partial charge in [-0.1, -0.05) is 17.7 Å². The summed E-state index contributed by atoms with van der Waals surface area (Å²) in [6, 6.07) is 7.14. The van der Waals surface area contributed by atoms with Crippen LogP contribution in [0.3, 0.4) is 0 Å². The van der Waals surface area contributed by atoms with Crippen LogP contribution in [0.15, 0.2) is 24.3 Å². The third-order valence-electron chi connectivity index (χ3n) is 2.46. The molecule has 4 nitrogen and oxygen atoms in total. The van der Waals surface area contributed by atoms with Gasteiger partial charge in [-0.15, -0.1) is 11.3 Å². The number of carbonyl (C=O) groups is 1. The van der Waals surface area contributed by atoms with Crippen molar-refractivity contribution in [2.45, 2.75) is 20.5 Å². The zero-order valence-corrected chi connectivity index (χ0v) is 12.8. The largest absolute Gasteiger partial charge is 0.486 e. The van der Waals surface area contributed by atoms with Crippen LogP contribution in [0.2, 0.25) is 5.02 Å². The van der Waals surface area contributed by atoms with Crippen molar-refractivity contribution in [2.24, 2.45) is 0 Å². The highest BCUT2D eigenvalue weighted by Gasteiger charge is 2.16. The lowest BCUT2D eigenvalue weighted by molar-refractivity contribution is 0.0531. The number of benzene rings is 1. The Morgan fingerprint density at radius 1 is 1.45 bits per heavy atom. The first-order valence-electron chi connectivity index (χ1n) is 6.12. The van der Waals surface area contributed by atoms with Crippen molar-refractivity contribution in [3.63, 3.8) is 0 Å². The predicted octanol–water partition coefficient (Wildman–Crippen LogP) is 3.86. The van der Waals surface area contributed by atoms with Crippen molar-refractivity contribution >= 4 is 28.9 Å². The van der Waals surface area contributed by atoms with E-state index in [-0.39, 0.29) is 5.97 Å². The van der Waals surface area contributed by atoms with Crippen molar-refractivity contribution < 1.29 is 14.3 Å². The first-order valence-corrected chi connectivity index (χ1v) is 7.31. The third kappa shape index (κ3) is 3.71. The fourth-order valence-electron chi connectivity index (χ4n) is 1.60. The number of esters is 1. The van der Waals surface area contributed by atoms with Crippen molar-refractivity contribution in [1.29, 1.82) is 0 Å². The Morgan fingerprint density at radius 3 is 2.95 bits per heavy atom. The summed E-state index contributed by atoms with van der Waals surface area (Å²) in [4.78, 5) is 16.5. The quantitative estimate of drug-likeness (QED) is 0.787. The monoisotopic (exact) mass is 311 g/mol. The zero-order valence-electron chi connectivity index (χ0n) is 11.2. The maximum absolute atomic E-state index is 11.7. The summed E-state index contributed by atoms with van der Waals surface area (Å²) in [5.41, 5.74) is 0.665. The summed E-state index contributed by atoms with van der Waals surface area (Å²) in [7, 11) is 0. The van der Waals surface area contributed by atoms with Gasteiger partial charge in [-0.25, -0.2) is 9.78 Å². The van der Waals surface area contributed by atoms with Gasteiger partial charge in [-0.3, -0.25) is 0 Å². The first kappa shape index (κ1) is 14.8. The van der Waals surface area contributed by atoms with Gasteiger partial charge in [0.25, 0.3) is 0 Å². The third-order valence-corrected chi connectivity index (χ3v) is 3.81. The van der Waals surface area contributed by atoms with Crippen LogP contribution in [0.1, 0.15) is 27.3 Å². The first-order chi connectivity index (χ1) is 9.60. The molecule has 106 valence electrons. The second kappa shape index (κ2) is 6.72. The Morgan fingerprint density at radius 2 is 2.25 bits per heavy atom. The number of halogens is 1. The number of carbonyl (C=O) groups excluding carboxylic acids is 1. The van der Waals surface area contributed by atoms with Crippen molar-refractivity contribution in [3.05, 3.63) is 44.9 Å². The Bertz CT molecular complexity index is 612. The van der Waals surface area contributed by atoms with Crippen LogP contribution in [0, 0.1) is 6.92 Å². The fraction of sp³-hybridized carbons (Fsp3) is 0.286. The van der Waals surface area contributed by atoms with E-state index in [4.69, 9.17) is 21.1 Å². The molecule has 0 N–H and O–H groups in total. The average Bonchev–Trinajstić information content (AvgIpc) is 2.78. The smallest absolute Gasteiger partial charge is 0.350 e. The van der Waals surface area contributed by atoms with Crippen molar-refractivity contribution in [1.82, 2.24) is 4.98 Å². The molecule has 0 aliphatic rings. The van der Waals surface area contributed by atoms with Crippen LogP contribution < -0.4 is 4.74 Å². The van der Waals surface area contributed by atoms with Crippen LogP contribution in [0.5, 0.6) is 5.75 Å². The lowest BCUT2D eigenvalue weighted by Gasteiger charge is -2.03. The second-order valence-corrected chi connectivity index (χ2v) is 5.51. The summed E-state index contributed by atoms with van der Waals surface area (Å²) in [6.07, 6.45) is 0. The van der Waals surface area contributed by atoms with Gasteiger partial charge in [-0.05, 0) is 32.0 Å². The minimum atomic E-state index is -0.337. The molecule has 1 heterocycles.